The number of anilines is 1. The lowest BCUT2D eigenvalue weighted by Gasteiger charge is -2.07. The van der Waals surface area contributed by atoms with Crippen molar-refractivity contribution in [1.82, 2.24) is 10.3 Å². The third kappa shape index (κ3) is 2.95. The minimum Gasteiger partial charge on any atom is -0.309 e. The summed E-state index contributed by atoms with van der Waals surface area (Å²) in [6.45, 7) is 5.57. The highest BCUT2D eigenvalue weighted by Crippen LogP contribution is 2.25. The van der Waals surface area contributed by atoms with Gasteiger partial charge in [0.05, 0.1) is 10.6 Å². The number of fused-ring (bicyclic) bond motifs is 1. The van der Waals surface area contributed by atoms with Crippen molar-refractivity contribution < 1.29 is 8.42 Å². The standard InChI is InChI=1S/C14H17N3O2S2/c1-9(2)13-8-20-14(16-13)17-21(18,19)12-4-3-10-6-15-7-11(10)5-12/h3-5,8-9,15H,6-7H2,1-2H3,(H,16,17). The van der Waals surface area contributed by atoms with Crippen molar-refractivity contribution in [2.75, 3.05) is 4.72 Å². The quantitative estimate of drug-likeness (QED) is 0.907. The molecule has 0 amide bonds. The van der Waals surface area contributed by atoms with Gasteiger partial charge in [0.1, 0.15) is 0 Å². The van der Waals surface area contributed by atoms with Gasteiger partial charge in [-0.3, -0.25) is 4.72 Å². The topological polar surface area (TPSA) is 71.1 Å². The van der Waals surface area contributed by atoms with Crippen LogP contribution in [0.1, 0.15) is 36.6 Å². The molecule has 1 aliphatic rings. The van der Waals surface area contributed by atoms with E-state index in [0.29, 0.717) is 11.7 Å². The van der Waals surface area contributed by atoms with E-state index in [1.165, 1.54) is 11.3 Å². The minimum atomic E-state index is -3.58. The maximum Gasteiger partial charge on any atom is 0.263 e. The summed E-state index contributed by atoms with van der Waals surface area (Å²) in [7, 11) is -3.58. The Morgan fingerprint density at radius 2 is 2.05 bits per heavy atom. The highest BCUT2D eigenvalue weighted by Gasteiger charge is 2.19. The van der Waals surface area contributed by atoms with Crippen LogP contribution in [0.4, 0.5) is 5.13 Å². The third-order valence-electron chi connectivity index (χ3n) is 3.45. The van der Waals surface area contributed by atoms with Gasteiger partial charge in [-0.15, -0.1) is 11.3 Å². The van der Waals surface area contributed by atoms with Crippen molar-refractivity contribution in [3.05, 3.63) is 40.4 Å². The van der Waals surface area contributed by atoms with Crippen molar-refractivity contribution in [3.63, 3.8) is 0 Å². The molecule has 0 atom stereocenters. The van der Waals surface area contributed by atoms with Gasteiger partial charge in [0.2, 0.25) is 0 Å². The van der Waals surface area contributed by atoms with Crippen molar-refractivity contribution in [3.8, 4) is 0 Å². The molecule has 5 nitrogen and oxygen atoms in total. The van der Waals surface area contributed by atoms with Crippen LogP contribution in [-0.4, -0.2) is 13.4 Å². The first-order valence-electron chi connectivity index (χ1n) is 6.76. The second-order valence-electron chi connectivity index (χ2n) is 5.37. The van der Waals surface area contributed by atoms with E-state index in [0.717, 1.165) is 23.4 Å². The zero-order valence-corrected chi connectivity index (χ0v) is 13.5. The normalized spacial score (nSPS) is 14.4. The predicted octanol–water partition coefficient (Wildman–Crippen LogP) is 2.67. The number of hydrogen-bond acceptors (Lipinski definition) is 5. The maximum absolute atomic E-state index is 12.4. The molecule has 3 rings (SSSR count). The second kappa shape index (κ2) is 5.40. The lowest BCUT2D eigenvalue weighted by atomic mass is 10.1. The molecular weight excluding hydrogens is 306 g/mol. The first-order valence-corrected chi connectivity index (χ1v) is 9.13. The van der Waals surface area contributed by atoms with Crippen molar-refractivity contribution in [2.45, 2.75) is 37.8 Å². The molecule has 0 saturated carbocycles. The van der Waals surface area contributed by atoms with Crippen LogP contribution in [0, 0.1) is 0 Å². The fourth-order valence-electron chi connectivity index (χ4n) is 2.21. The first-order chi connectivity index (χ1) is 9.95. The van der Waals surface area contributed by atoms with Crippen molar-refractivity contribution in [1.29, 1.82) is 0 Å². The number of hydrogen-bond donors (Lipinski definition) is 2. The molecule has 2 aromatic rings. The molecule has 0 saturated heterocycles. The molecule has 0 fully saturated rings. The molecule has 0 bridgehead atoms. The van der Waals surface area contributed by atoms with Crippen LogP contribution in [0.25, 0.3) is 0 Å². The predicted molar refractivity (Wildman–Crippen MR) is 84.0 cm³/mol. The largest absolute Gasteiger partial charge is 0.309 e. The van der Waals surface area contributed by atoms with Crippen LogP contribution in [0.5, 0.6) is 0 Å². The molecule has 1 aromatic carbocycles. The number of nitrogens with zero attached hydrogens (tertiary/aromatic N) is 1. The summed E-state index contributed by atoms with van der Waals surface area (Å²) in [5.74, 6) is 0.283. The first kappa shape index (κ1) is 14.5. The summed E-state index contributed by atoms with van der Waals surface area (Å²) >= 11 is 1.31. The Bertz CT molecular complexity index is 766. The number of sulfonamides is 1. The van der Waals surface area contributed by atoms with Crippen LogP contribution >= 0.6 is 11.3 Å². The highest BCUT2D eigenvalue weighted by atomic mass is 32.2. The van der Waals surface area contributed by atoms with E-state index in [-0.39, 0.29) is 10.8 Å². The Hall–Kier alpha value is -1.44. The Morgan fingerprint density at radius 1 is 1.29 bits per heavy atom. The van der Waals surface area contributed by atoms with E-state index >= 15 is 0 Å². The van der Waals surface area contributed by atoms with Gasteiger partial charge in [0.25, 0.3) is 10.0 Å². The Labute approximate surface area is 128 Å². The van der Waals surface area contributed by atoms with E-state index in [1.54, 1.807) is 12.1 Å². The number of aromatic nitrogens is 1. The zero-order chi connectivity index (χ0) is 15.0. The van der Waals surface area contributed by atoms with E-state index in [9.17, 15) is 8.42 Å². The summed E-state index contributed by atoms with van der Waals surface area (Å²) in [6, 6.07) is 5.24. The molecule has 1 aromatic heterocycles. The summed E-state index contributed by atoms with van der Waals surface area (Å²) in [5, 5.41) is 5.50. The van der Waals surface area contributed by atoms with Crippen molar-refractivity contribution in [2.24, 2.45) is 0 Å². The number of rotatable bonds is 4. The Kier molecular flexibility index (Phi) is 3.73. The summed E-state index contributed by atoms with van der Waals surface area (Å²) in [4.78, 5) is 4.59. The van der Waals surface area contributed by atoms with Gasteiger partial charge in [-0.05, 0) is 29.2 Å². The summed E-state index contributed by atoms with van der Waals surface area (Å²) in [6.07, 6.45) is 0. The monoisotopic (exact) mass is 323 g/mol. The van der Waals surface area contributed by atoms with E-state index < -0.39 is 10.0 Å². The Morgan fingerprint density at radius 3 is 2.76 bits per heavy atom. The number of thiazole rings is 1. The van der Waals surface area contributed by atoms with Gasteiger partial charge in [-0.25, -0.2) is 13.4 Å². The summed E-state index contributed by atoms with van der Waals surface area (Å²) in [5.41, 5.74) is 3.10. The molecule has 7 heteroatoms. The van der Waals surface area contributed by atoms with Crippen LogP contribution in [0.3, 0.4) is 0 Å². The molecule has 0 radical (unpaired) electrons. The van der Waals surface area contributed by atoms with E-state index in [2.05, 4.69) is 15.0 Å². The molecule has 1 aliphatic heterocycles. The van der Waals surface area contributed by atoms with Crippen LogP contribution in [-0.2, 0) is 23.1 Å². The number of benzene rings is 1. The molecule has 0 aliphatic carbocycles. The lowest BCUT2D eigenvalue weighted by molar-refractivity contribution is 0.601. The molecule has 112 valence electrons. The average molecular weight is 323 g/mol. The van der Waals surface area contributed by atoms with Crippen LogP contribution in [0.15, 0.2) is 28.5 Å². The average Bonchev–Trinajstić information content (AvgIpc) is 3.05. The van der Waals surface area contributed by atoms with Gasteiger partial charge < -0.3 is 5.32 Å². The molecule has 2 heterocycles. The van der Waals surface area contributed by atoms with E-state index in [1.807, 2.05) is 25.3 Å². The maximum atomic E-state index is 12.4. The van der Waals surface area contributed by atoms with Gasteiger partial charge in [0.15, 0.2) is 5.13 Å². The second-order valence-corrected chi connectivity index (χ2v) is 7.91. The van der Waals surface area contributed by atoms with Crippen LogP contribution in [0.2, 0.25) is 0 Å². The highest BCUT2D eigenvalue weighted by molar-refractivity contribution is 7.93. The third-order valence-corrected chi connectivity index (χ3v) is 5.70. The Balaban J connectivity index is 1.86. The fourth-order valence-corrected chi connectivity index (χ4v) is 4.39. The minimum absolute atomic E-state index is 0.283. The van der Waals surface area contributed by atoms with Gasteiger partial charge in [-0.1, -0.05) is 19.9 Å². The SMILES string of the molecule is CC(C)c1csc(NS(=O)(=O)c2ccc3c(c2)CNC3)n1. The van der Waals surface area contributed by atoms with Crippen LogP contribution < -0.4 is 10.0 Å². The van der Waals surface area contributed by atoms with E-state index in [4.69, 9.17) is 0 Å². The molecule has 0 spiro atoms. The molecule has 2 N–H and O–H groups in total. The molecular formula is C14H17N3O2S2. The lowest BCUT2D eigenvalue weighted by Crippen LogP contribution is -2.13. The number of nitrogens with one attached hydrogen (secondary N) is 2. The fraction of sp³-hybridized carbons (Fsp3) is 0.357. The molecule has 0 unspecified atom stereocenters. The van der Waals surface area contributed by atoms with Crippen molar-refractivity contribution >= 4 is 26.5 Å². The summed E-state index contributed by atoms with van der Waals surface area (Å²) < 4.78 is 27.4. The smallest absolute Gasteiger partial charge is 0.263 e. The molecule has 21 heavy (non-hydrogen) atoms. The van der Waals surface area contributed by atoms with Gasteiger partial charge >= 0.3 is 0 Å². The zero-order valence-electron chi connectivity index (χ0n) is 11.9. The van der Waals surface area contributed by atoms with Gasteiger partial charge in [0, 0.05) is 18.5 Å². The van der Waals surface area contributed by atoms with Gasteiger partial charge in [-0.2, -0.15) is 0 Å².